The van der Waals surface area contributed by atoms with Crippen molar-refractivity contribution in [3.63, 3.8) is 0 Å². The summed E-state index contributed by atoms with van der Waals surface area (Å²) >= 11 is 0. The van der Waals surface area contributed by atoms with Crippen LogP contribution in [0.2, 0.25) is 0 Å². The smallest absolute Gasteiger partial charge is 0.385 e. The van der Waals surface area contributed by atoms with E-state index in [1.807, 2.05) is 59.1 Å². The molecule has 224 valence electrons. The summed E-state index contributed by atoms with van der Waals surface area (Å²) in [5, 5.41) is 3.71. The first-order valence-electron chi connectivity index (χ1n) is 13.7. The van der Waals surface area contributed by atoms with E-state index in [0.717, 1.165) is 33.7 Å². The second-order valence-corrected chi connectivity index (χ2v) is 9.88. The molecular formula is C31H25F3N6O4. The Hall–Kier alpha value is -5.30. The third-order valence-corrected chi connectivity index (χ3v) is 6.90. The van der Waals surface area contributed by atoms with Crippen molar-refractivity contribution in [3.8, 4) is 11.3 Å². The predicted molar refractivity (Wildman–Crippen MR) is 158 cm³/mol. The van der Waals surface area contributed by atoms with Crippen molar-refractivity contribution < 1.29 is 32.2 Å². The minimum absolute atomic E-state index is 0.441. The summed E-state index contributed by atoms with van der Waals surface area (Å²) in [5.74, 6) is -3.18. The molecule has 0 saturated carbocycles. The maximum Gasteiger partial charge on any atom is 0.491 e. The van der Waals surface area contributed by atoms with Gasteiger partial charge in [-0.1, -0.05) is 36.4 Å². The van der Waals surface area contributed by atoms with E-state index in [1.54, 1.807) is 30.5 Å². The van der Waals surface area contributed by atoms with Gasteiger partial charge >= 0.3 is 18.1 Å². The fraction of sp³-hybridized carbons (Fsp3) is 0.194. The Morgan fingerprint density at radius 2 is 1.70 bits per heavy atom. The summed E-state index contributed by atoms with van der Waals surface area (Å²) in [6, 6.07) is 18.7. The topological polar surface area (TPSA) is 111 Å². The molecule has 0 spiro atoms. The number of anilines is 2. The summed E-state index contributed by atoms with van der Waals surface area (Å²) in [6.45, 7) is 1.91. The Morgan fingerprint density at radius 3 is 2.48 bits per heavy atom. The van der Waals surface area contributed by atoms with Gasteiger partial charge in [0, 0.05) is 35.9 Å². The molecule has 0 atom stereocenters. The Bertz CT molecular complexity index is 1860. The van der Waals surface area contributed by atoms with E-state index in [-0.39, 0.29) is 0 Å². The Morgan fingerprint density at radius 1 is 0.955 bits per heavy atom. The number of halogens is 3. The van der Waals surface area contributed by atoms with E-state index in [1.165, 1.54) is 0 Å². The molecule has 44 heavy (non-hydrogen) atoms. The van der Waals surface area contributed by atoms with Crippen molar-refractivity contribution in [2.24, 2.45) is 0 Å². The van der Waals surface area contributed by atoms with Crippen LogP contribution in [0.15, 0.2) is 73.1 Å². The fourth-order valence-electron chi connectivity index (χ4n) is 4.75. The second-order valence-electron chi connectivity index (χ2n) is 9.88. The number of aromatic nitrogens is 4. The lowest BCUT2D eigenvalue weighted by molar-refractivity contribution is -0.201. The predicted octanol–water partition coefficient (Wildman–Crippen LogP) is 5.00. The number of esters is 2. The maximum absolute atomic E-state index is 12.3. The van der Waals surface area contributed by atoms with Gasteiger partial charge in [-0.2, -0.15) is 13.2 Å². The van der Waals surface area contributed by atoms with Gasteiger partial charge in [0.05, 0.1) is 42.0 Å². The Balaban J connectivity index is 1.26. The lowest BCUT2D eigenvalue weighted by atomic mass is 10.1. The Labute approximate surface area is 248 Å². The van der Waals surface area contributed by atoms with Crippen molar-refractivity contribution in [2.75, 3.05) is 43.1 Å². The number of alkyl halides is 3. The zero-order valence-corrected chi connectivity index (χ0v) is 23.1. The van der Waals surface area contributed by atoms with Crippen molar-refractivity contribution in [1.82, 2.24) is 19.4 Å². The number of rotatable bonds is 7. The maximum atomic E-state index is 12.3. The van der Waals surface area contributed by atoms with Crippen molar-refractivity contribution in [1.29, 1.82) is 0 Å². The van der Waals surface area contributed by atoms with E-state index in [9.17, 15) is 22.8 Å². The zero-order valence-electron chi connectivity index (χ0n) is 23.1. The summed E-state index contributed by atoms with van der Waals surface area (Å²) in [6.07, 6.45) is 2.22. The average molecular weight is 603 g/mol. The molecule has 5 aromatic rings. The highest BCUT2D eigenvalue weighted by atomic mass is 19.4. The number of carbonyl (C=O) groups excluding carboxylic acids is 2. The minimum atomic E-state index is -5.25. The molecule has 2 aromatic carbocycles. The first-order chi connectivity index (χ1) is 21.2. The standard InChI is InChI=1S/C31H25F3N6O4/c32-31(33,34)30(42)44-27(41)18-35-22-8-6-21(7-9-22)26-17-36-28(39-13-15-43-16-14-39)29-38-24(19-40(26)29)12-11-23-10-5-20-3-1-2-4-25(20)37-23/h1-12,17,19,35H,13-16,18H2/b12-11+. The number of nitrogens with zero attached hydrogens (tertiary/aromatic N) is 5. The summed E-state index contributed by atoms with van der Waals surface area (Å²) < 4.78 is 48.2. The lowest BCUT2D eigenvalue weighted by Gasteiger charge is -2.28. The number of ether oxygens (including phenoxy) is 2. The lowest BCUT2D eigenvalue weighted by Crippen LogP contribution is -2.37. The molecule has 6 rings (SSSR count). The number of carbonyl (C=O) groups is 2. The normalized spacial score (nSPS) is 13.9. The van der Waals surface area contributed by atoms with Crippen molar-refractivity contribution in [2.45, 2.75) is 6.18 Å². The van der Waals surface area contributed by atoms with Crippen molar-refractivity contribution >= 4 is 52.1 Å². The van der Waals surface area contributed by atoms with Crippen LogP contribution in [0.1, 0.15) is 11.4 Å². The van der Waals surface area contributed by atoms with Gasteiger partial charge in [0.15, 0.2) is 11.5 Å². The summed E-state index contributed by atoms with van der Waals surface area (Å²) in [7, 11) is 0. The molecule has 0 bridgehead atoms. The molecular weight excluding hydrogens is 577 g/mol. The number of benzene rings is 2. The van der Waals surface area contributed by atoms with Crippen LogP contribution in [-0.2, 0) is 19.1 Å². The number of morpholine rings is 1. The van der Waals surface area contributed by atoms with E-state index in [0.29, 0.717) is 43.3 Å². The fourth-order valence-corrected chi connectivity index (χ4v) is 4.75. The van der Waals surface area contributed by atoms with Crippen LogP contribution in [0, 0.1) is 0 Å². The number of nitrogens with one attached hydrogen (secondary N) is 1. The zero-order chi connectivity index (χ0) is 30.7. The van der Waals surface area contributed by atoms with Crippen LogP contribution in [0.5, 0.6) is 0 Å². The molecule has 0 unspecified atom stereocenters. The van der Waals surface area contributed by atoms with Crippen LogP contribution in [-0.4, -0.2) is 70.3 Å². The van der Waals surface area contributed by atoms with Crippen LogP contribution in [0.4, 0.5) is 24.7 Å². The largest absolute Gasteiger partial charge is 0.491 e. The van der Waals surface area contributed by atoms with Gasteiger partial charge in [0.25, 0.3) is 0 Å². The summed E-state index contributed by atoms with van der Waals surface area (Å²) in [5.41, 5.74) is 5.02. The number of pyridine rings is 1. The van der Waals surface area contributed by atoms with E-state index < -0.39 is 24.7 Å². The van der Waals surface area contributed by atoms with Gasteiger partial charge in [0.1, 0.15) is 6.54 Å². The molecule has 1 saturated heterocycles. The third-order valence-electron chi connectivity index (χ3n) is 6.90. The van der Waals surface area contributed by atoms with E-state index in [4.69, 9.17) is 19.7 Å². The highest BCUT2D eigenvalue weighted by molar-refractivity contribution is 5.90. The molecule has 1 aliphatic heterocycles. The van der Waals surface area contributed by atoms with Crippen LogP contribution in [0.3, 0.4) is 0 Å². The quantitative estimate of drug-likeness (QED) is 0.203. The highest BCUT2D eigenvalue weighted by Crippen LogP contribution is 2.28. The first-order valence-corrected chi connectivity index (χ1v) is 13.7. The molecule has 1 aliphatic rings. The number of hydrogen-bond donors (Lipinski definition) is 1. The molecule has 1 fully saturated rings. The number of fused-ring (bicyclic) bond motifs is 2. The SMILES string of the molecule is O=C(CNc1ccc(-c2cnc(N3CCOCC3)c3nc(/C=C/c4ccc5ccccc5n4)cn23)cc1)OC(=O)C(F)(F)F. The average Bonchev–Trinajstić information content (AvgIpc) is 3.47. The summed E-state index contributed by atoms with van der Waals surface area (Å²) in [4.78, 5) is 39.0. The third kappa shape index (κ3) is 6.37. The molecule has 1 N–H and O–H groups in total. The molecule has 0 radical (unpaired) electrons. The molecule has 0 amide bonds. The number of imidazole rings is 1. The van der Waals surface area contributed by atoms with Gasteiger partial charge in [0.2, 0.25) is 0 Å². The second kappa shape index (κ2) is 12.1. The van der Waals surface area contributed by atoms with Gasteiger partial charge in [-0.05, 0) is 36.4 Å². The minimum Gasteiger partial charge on any atom is -0.385 e. The van der Waals surface area contributed by atoms with E-state index in [2.05, 4.69) is 15.0 Å². The first kappa shape index (κ1) is 28.8. The molecule has 3 aromatic heterocycles. The highest BCUT2D eigenvalue weighted by Gasteiger charge is 2.42. The van der Waals surface area contributed by atoms with Crippen LogP contribution in [0.25, 0.3) is 40.0 Å². The van der Waals surface area contributed by atoms with Gasteiger partial charge in [-0.15, -0.1) is 0 Å². The number of hydrogen-bond acceptors (Lipinski definition) is 9. The molecule has 10 nitrogen and oxygen atoms in total. The van der Waals surface area contributed by atoms with Crippen molar-refractivity contribution in [3.05, 3.63) is 84.4 Å². The molecule has 4 heterocycles. The number of para-hydroxylation sites is 1. The van der Waals surface area contributed by atoms with Gasteiger partial charge in [-0.25, -0.2) is 24.5 Å². The monoisotopic (exact) mass is 602 g/mol. The van der Waals surface area contributed by atoms with Crippen LogP contribution < -0.4 is 10.2 Å². The van der Waals surface area contributed by atoms with E-state index >= 15 is 0 Å². The Kier molecular flexibility index (Phi) is 7.94. The van der Waals surface area contributed by atoms with Gasteiger partial charge in [-0.3, -0.25) is 4.40 Å². The molecule has 13 heteroatoms. The van der Waals surface area contributed by atoms with Crippen LogP contribution >= 0.6 is 0 Å². The van der Waals surface area contributed by atoms with Gasteiger partial charge < -0.3 is 19.7 Å². The molecule has 0 aliphatic carbocycles.